The molecule has 0 amide bonds. The molecular formula is C8H13N3OS. The van der Waals surface area contributed by atoms with Crippen LogP contribution in [-0.4, -0.2) is 35.0 Å². The van der Waals surface area contributed by atoms with Crippen LogP contribution in [0.5, 0.6) is 0 Å². The Kier molecular flexibility index (Phi) is 2.75. The smallest absolute Gasteiger partial charge is 0.208 e. The highest BCUT2D eigenvalue weighted by molar-refractivity contribution is 7.13. The molecule has 0 atom stereocenters. The van der Waals surface area contributed by atoms with Gasteiger partial charge in [-0.05, 0) is 18.8 Å². The van der Waals surface area contributed by atoms with E-state index in [1.165, 1.54) is 0 Å². The van der Waals surface area contributed by atoms with E-state index in [9.17, 15) is 0 Å². The molecule has 0 aliphatic carbocycles. The summed E-state index contributed by atoms with van der Waals surface area (Å²) in [5.74, 6) is 0.490. The number of anilines is 1. The minimum atomic E-state index is 0.323. The number of rotatable bonds is 2. The second-order valence-electron chi connectivity index (χ2n) is 3.33. The van der Waals surface area contributed by atoms with Crippen molar-refractivity contribution in [3.63, 3.8) is 0 Å². The molecule has 0 aromatic carbocycles. The average molecular weight is 199 g/mol. The summed E-state index contributed by atoms with van der Waals surface area (Å²) in [4.78, 5) is 2.24. The Morgan fingerprint density at radius 2 is 2.31 bits per heavy atom. The van der Waals surface area contributed by atoms with Crippen molar-refractivity contribution in [1.82, 2.24) is 10.2 Å². The first-order chi connectivity index (χ1) is 6.40. The van der Waals surface area contributed by atoms with E-state index in [0.29, 0.717) is 12.5 Å². The molecule has 0 radical (unpaired) electrons. The Hall–Kier alpha value is -0.680. The van der Waals surface area contributed by atoms with Crippen LogP contribution in [0.2, 0.25) is 0 Å². The van der Waals surface area contributed by atoms with Gasteiger partial charge in [0.15, 0.2) is 0 Å². The van der Waals surface area contributed by atoms with Gasteiger partial charge in [0.1, 0.15) is 5.51 Å². The number of aliphatic hydroxyl groups is 1. The standard InChI is InChI=1S/C8H13N3OS/c12-5-7-1-3-11(4-2-7)8-10-9-6-13-8/h6-7,12H,1-5H2. The van der Waals surface area contributed by atoms with Gasteiger partial charge in [-0.2, -0.15) is 0 Å². The third-order valence-electron chi connectivity index (χ3n) is 2.49. The summed E-state index contributed by atoms with van der Waals surface area (Å²) in [7, 11) is 0. The highest BCUT2D eigenvalue weighted by Gasteiger charge is 2.19. The SMILES string of the molecule is OCC1CCN(c2nncs2)CC1. The highest BCUT2D eigenvalue weighted by Crippen LogP contribution is 2.23. The van der Waals surface area contributed by atoms with Crippen molar-refractivity contribution in [2.24, 2.45) is 5.92 Å². The lowest BCUT2D eigenvalue weighted by molar-refractivity contribution is 0.203. The fourth-order valence-corrected chi connectivity index (χ4v) is 2.23. The first-order valence-corrected chi connectivity index (χ1v) is 5.40. The van der Waals surface area contributed by atoms with Crippen LogP contribution in [0.15, 0.2) is 5.51 Å². The number of piperidine rings is 1. The van der Waals surface area contributed by atoms with Crippen LogP contribution >= 0.6 is 11.3 Å². The molecule has 2 rings (SSSR count). The van der Waals surface area contributed by atoms with Gasteiger partial charge in [0.05, 0.1) is 0 Å². The molecule has 0 spiro atoms. The Morgan fingerprint density at radius 3 is 2.85 bits per heavy atom. The predicted molar refractivity (Wildman–Crippen MR) is 51.9 cm³/mol. The lowest BCUT2D eigenvalue weighted by atomic mass is 9.98. The monoisotopic (exact) mass is 199 g/mol. The third-order valence-corrected chi connectivity index (χ3v) is 3.24. The van der Waals surface area contributed by atoms with Crippen molar-refractivity contribution >= 4 is 16.5 Å². The quantitative estimate of drug-likeness (QED) is 0.763. The second kappa shape index (κ2) is 4.02. The topological polar surface area (TPSA) is 49.2 Å². The first-order valence-electron chi connectivity index (χ1n) is 4.52. The molecule has 1 fully saturated rings. The van der Waals surface area contributed by atoms with E-state index < -0.39 is 0 Å². The zero-order chi connectivity index (χ0) is 9.10. The number of aromatic nitrogens is 2. The van der Waals surface area contributed by atoms with Crippen LogP contribution in [0.1, 0.15) is 12.8 Å². The number of hydrogen-bond donors (Lipinski definition) is 1. The molecule has 1 aliphatic heterocycles. The normalized spacial score (nSPS) is 19.3. The number of hydrogen-bond acceptors (Lipinski definition) is 5. The van der Waals surface area contributed by atoms with Gasteiger partial charge >= 0.3 is 0 Å². The van der Waals surface area contributed by atoms with Gasteiger partial charge in [0.25, 0.3) is 0 Å². The van der Waals surface area contributed by atoms with Crippen molar-refractivity contribution in [2.45, 2.75) is 12.8 Å². The van der Waals surface area contributed by atoms with E-state index in [2.05, 4.69) is 15.1 Å². The molecule has 1 saturated heterocycles. The van der Waals surface area contributed by atoms with Gasteiger partial charge in [0.2, 0.25) is 5.13 Å². The van der Waals surface area contributed by atoms with Crippen molar-refractivity contribution in [3.05, 3.63) is 5.51 Å². The Balaban J connectivity index is 1.92. The van der Waals surface area contributed by atoms with Crippen molar-refractivity contribution in [3.8, 4) is 0 Å². The Morgan fingerprint density at radius 1 is 1.54 bits per heavy atom. The van der Waals surface area contributed by atoms with Gasteiger partial charge in [-0.15, -0.1) is 10.2 Å². The average Bonchev–Trinajstić information content (AvgIpc) is 2.71. The predicted octanol–water partition coefficient (Wildman–Crippen LogP) is 0.747. The molecule has 4 nitrogen and oxygen atoms in total. The Labute approximate surface area is 81.2 Å². The molecule has 1 aliphatic rings. The van der Waals surface area contributed by atoms with E-state index >= 15 is 0 Å². The van der Waals surface area contributed by atoms with Gasteiger partial charge in [-0.3, -0.25) is 0 Å². The molecule has 5 heteroatoms. The summed E-state index contributed by atoms with van der Waals surface area (Å²) < 4.78 is 0. The summed E-state index contributed by atoms with van der Waals surface area (Å²) in [6.45, 7) is 2.32. The summed E-state index contributed by atoms with van der Waals surface area (Å²) >= 11 is 1.58. The maximum absolute atomic E-state index is 8.96. The van der Waals surface area contributed by atoms with Crippen molar-refractivity contribution in [1.29, 1.82) is 0 Å². The molecule has 0 bridgehead atoms. The molecule has 2 heterocycles. The van der Waals surface area contributed by atoms with Crippen LogP contribution in [0.4, 0.5) is 5.13 Å². The van der Waals surface area contributed by atoms with Gasteiger partial charge in [0, 0.05) is 19.7 Å². The van der Waals surface area contributed by atoms with E-state index in [-0.39, 0.29) is 0 Å². The van der Waals surface area contributed by atoms with E-state index in [4.69, 9.17) is 5.11 Å². The summed E-state index contributed by atoms with van der Waals surface area (Å²) in [5.41, 5.74) is 1.76. The first kappa shape index (κ1) is 8.90. The highest BCUT2D eigenvalue weighted by atomic mass is 32.1. The van der Waals surface area contributed by atoms with Crippen LogP contribution in [0.25, 0.3) is 0 Å². The summed E-state index contributed by atoms with van der Waals surface area (Å²) in [5, 5.41) is 17.8. The molecular weight excluding hydrogens is 186 g/mol. The van der Waals surface area contributed by atoms with Crippen LogP contribution in [0, 0.1) is 5.92 Å². The van der Waals surface area contributed by atoms with Gasteiger partial charge in [-0.1, -0.05) is 11.3 Å². The minimum absolute atomic E-state index is 0.323. The maximum Gasteiger partial charge on any atom is 0.208 e. The molecule has 13 heavy (non-hydrogen) atoms. The van der Waals surface area contributed by atoms with E-state index in [0.717, 1.165) is 31.1 Å². The van der Waals surface area contributed by atoms with Gasteiger partial charge in [-0.25, -0.2) is 0 Å². The number of nitrogens with zero attached hydrogens (tertiary/aromatic N) is 3. The van der Waals surface area contributed by atoms with Gasteiger partial charge < -0.3 is 10.0 Å². The lowest BCUT2D eigenvalue weighted by Crippen LogP contribution is -2.34. The van der Waals surface area contributed by atoms with E-state index in [1.807, 2.05) is 0 Å². The lowest BCUT2D eigenvalue weighted by Gasteiger charge is -2.30. The third kappa shape index (κ3) is 1.97. The second-order valence-corrected chi connectivity index (χ2v) is 4.15. The van der Waals surface area contributed by atoms with Crippen molar-refractivity contribution < 1.29 is 5.11 Å². The molecule has 0 unspecified atom stereocenters. The summed E-state index contributed by atoms with van der Waals surface area (Å²) in [6.07, 6.45) is 2.13. The zero-order valence-electron chi connectivity index (χ0n) is 7.39. The van der Waals surface area contributed by atoms with Crippen LogP contribution in [0.3, 0.4) is 0 Å². The summed E-state index contributed by atoms with van der Waals surface area (Å²) in [6, 6.07) is 0. The molecule has 0 saturated carbocycles. The molecule has 1 aromatic heterocycles. The maximum atomic E-state index is 8.96. The fourth-order valence-electron chi connectivity index (χ4n) is 1.61. The molecule has 1 N–H and O–H groups in total. The fraction of sp³-hybridized carbons (Fsp3) is 0.750. The Bertz CT molecular complexity index is 244. The van der Waals surface area contributed by atoms with Crippen LogP contribution in [-0.2, 0) is 0 Å². The molecule has 1 aromatic rings. The minimum Gasteiger partial charge on any atom is -0.396 e. The largest absolute Gasteiger partial charge is 0.396 e. The molecule has 72 valence electrons. The van der Waals surface area contributed by atoms with E-state index in [1.54, 1.807) is 16.8 Å². The van der Waals surface area contributed by atoms with Crippen molar-refractivity contribution in [2.75, 3.05) is 24.6 Å². The van der Waals surface area contributed by atoms with Crippen LogP contribution < -0.4 is 4.90 Å². The zero-order valence-corrected chi connectivity index (χ0v) is 8.20. The number of aliphatic hydroxyl groups excluding tert-OH is 1.